The second-order valence-corrected chi connectivity index (χ2v) is 5.21. The lowest BCUT2D eigenvalue weighted by atomic mass is 9.76. The van der Waals surface area contributed by atoms with Gasteiger partial charge in [0.05, 0.1) is 14.2 Å². The Hall–Kier alpha value is -1.71. The summed E-state index contributed by atoms with van der Waals surface area (Å²) in [7, 11) is 3.28. The van der Waals surface area contributed by atoms with E-state index in [1.807, 2.05) is 12.1 Å². The molecule has 0 aromatic heterocycles. The number of ether oxygens (including phenoxy) is 2. The highest BCUT2D eigenvalue weighted by Gasteiger charge is 2.29. The number of fused-ring (bicyclic) bond motifs is 1. The number of hydrogen-bond donors (Lipinski definition) is 1. The molecule has 0 saturated carbocycles. The molecule has 0 radical (unpaired) electrons. The first-order chi connectivity index (χ1) is 9.05. The number of benzene rings is 1. The Morgan fingerprint density at radius 2 is 2.11 bits per heavy atom. The van der Waals surface area contributed by atoms with Crippen LogP contribution in [0.15, 0.2) is 12.1 Å². The number of methoxy groups -OCH3 is 2. The first kappa shape index (κ1) is 13.7. The van der Waals surface area contributed by atoms with E-state index in [9.17, 15) is 4.79 Å². The molecular formula is C15H20O4. The molecule has 0 aliphatic heterocycles. The summed E-state index contributed by atoms with van der Waals surface area (Å²) in [4.78, 5) is 10.9. The second kappa shape index (κ2) is 5.51. The summed E-state index contributed by atoms with van der Waals surface area (Å²) >= 11 is 0. The molecule has 1 aliphatic rings. The van der Waals surface area contributed by atoms with Crippen molar-refractivity contribution in [2.75, 3.05) is 14.2 Å². The number of rotatable bonds is 4. The largest absolute Gasteiger partial charge is 0.497 e. The molecule has 4 nitrogen and oxygen atoms in total. The van der Waals surface area contributed by atoms with Crippen LogP contribution in [0.5, 0.6) is 11.5 Å². The van der Waals surface area contributed by atoms with E-state index in [1.165, 1.54) is 5.56 Å². The van der Waals surface area contributed by atoms with Crippen LogP contribution in [-0.2, 0) is 11.2 Å². The molecule has 0 heterocycles. The van der Waals surface area contributed by atoms with E-state index in [4.69, 9.17) is 14.6 Å². The summed E-state index contributed by atoms with van der Waals surface area (Å²) in [5.74, 6) is 1.38. The zero-order valence-corrected chi connectivity index (χ0v) is 11.6. The van der Waals surface area contributed by atoms with E-state index in [2.05, 4.69) is 6.92 Å². The first-order valence-corrected chi connectivity index (χ1v) is 6.51. The average molecular weight is 264 g/mol. The summed E-state index contributed by atoms with van der Waals surface area (Å²) in [6, 6.07) is 3.90. The number of carbonyl (C=O) groups is 1. The van der Waals surface area contributed by atoms with E-state index in [0.29, 0.717) is 5.92 Å². The Morgan fingerprint density at radius 3 is 2.68 bits per heavy atom. The Morgan fingerprint density at radius 1 is 1.37 bits per heavy atom. The predicted octanol–water partition coefficient (Wildman–Crippen LogP) is 2.84. The van der Waals surface area contributed by atoms with Crippen molar-refractivity contribution in [2.45, 2.75) is 32.1 Å². The summed E-state index contributed by atoms with van der Waals surface area (Å²) in [6.45, 7) is 2.13. The number of carboxylic acid groups (broad SMARTS) is 1. The van der Waals surface area contributed by atoms with Crippen molar-refractivity contribution >= 4 is 5.97 Å². The van der Waals surface area contributed by atoms with Gasteiger partial charge in [0.15, 0.2) is 0 Å². The van der Waals surface area contributed by atoms with E-state index in [1.54, 1.807) is 14.2 Å². The van der Waals surface area contributed by atoms with E-state index in [-0.39, 0.29) is 12.3 Å². The molecule has 0 spiro atoms. The van der Waals surface area contributed by atoms with Gasteiger partial charge in [0.2, 0.25) is 0 Å². The van der Waals surface area contributed by atoms with Gasteiger partial charge in [-0.05, 0) is 36.3 Å². The highest BCUT2D eigenvalue weighted by Crippen LogP contribution is 2.43. The maximum atomic E-state index is 10.9. The van der Waals surface area contributed by atoms with Crippen LogP contribution in [0.3, 0.4) is 0 Å². The lowest BCUT2D eigenvalue weighted by molar-refractivity contribution is -0.138. The van der Waals surface area contributed by atoms with E-state index in [0.717, 1.165) is 29.9 Å². The van der Waals surface area contributed by atoms with Crippen LogP contribution in [0, 0.1) is 5.92 Å². The average Bonchev–Trinajstić information content (AvgIpc) is 2.36. The van der Waals surface area contributed by atoms with Gasteiger partial charge >= 0.3 is 5.97 Å². The third kappa shape index (κ3) is 2.83. The third-order valence-electron chi connectivity index (χ3n) is 3.81. The molecular weight excluding hydrogens is 244 g/mol. The topological polar surface area (TPSA) is 55.8 Å². The van der Waals surface area contributed by atoms with Crippen LogP contribution in [0.4, 0.5) is 0 Å². The predicted molar refractivity (Wildman–Crippen MR) is 72.0 cm³/mol. The van der Waals surface area contributed by atoms with Crippen molar-refractivity contribution in [2.24, 2.45) is 5.92 Å². The minimum absolute atomic E-state index is 0.191. The normalized spacial score (nSPS) is 21.6. The smallest absolute Gasteiger partial charge is 0.303 e. The van der Waals surface area contributed by atoms with Gasteiger partial charge in [0.25, 0.3) is 0 Å². The van der Waals surface area contributed by atoms with Crippen molar-refractivity contribution in [3.8, 4) is 11.5 Å². The minimum atomic E-state index is -0.726. The number of carboxylic acids is 1. The highest BCUT2D eigenvalue weighted by atomic mass is 16.5. The van der Waals surface area contributed by atoms with Crippen LogP contribution in [0.25, 0.3) is 0 Å². The molecule has 0 bridgehead atoms. The summed E-state index contributed by atoms with van der Waals surface area (Å²) in [5.41, 5.74) is 2.35. The van der Waals surface area contributed by atoms with Crippen LogP contribution in [-0.4, -0.2) is 25.3 Å². The lowest BCUT2D eigenvalue weighted by Gasteiger charge is -2.30. The Labute approximate surface area is 113 Å². The van der Waals surface area contributed by atoms with E-state index < -0.39 is 5.97 Å². The van der Waals surface area contributed by atoms with Crippen molar-refractivity contribution in [1.82, 2.24) is 0 Å². The highest BCUT2D eigenvalue weighted by molar-refractivity contribution is 5.67. The summed E-state index contributed by atoms with van der Waals surface area (Å²) < 4.78 is 10.7. The molecule has 0 fully saturated rings. The molecule has 1 aromatic rings. The molecule has 104 valence electrons. The molecule has 2 rings (SSSR count). The van der Waals surface area contributed by atoms with Gasteiger partial charge in [-0.3, -0.25) is 4.79 Å². The zero-order valence-electron chi connectivity index (χ0n) is 11.6. The van der Waals surface area contributed by atoms with Crippen molar-refractivity contribution in [3.63, 3.8) is 0 Å². The first-order valence-electron chi connectivity index (χ1n) is 6.51. The Balaban J connectivity index is 2.37. The molecule has 19 heavy (non-hydrogen) atoms. The van der Waals surface area contributed by atoms with E-state index >= 15 is 0 Å². The van der Waals surface area contributed by atoms with Crippen LogP contribution in [0.1, 0.15) is 36.8 Å². The van der Waals surface area contributed by atoms with Crippen molar-refractivity contribution in [3.05, 3.63) is 23.3 Å². The molecule has 2 atom stereocenters. The SMILES string of the molecule is COc1cc2c(c(OC)c1)[C@@H](C)C[C@@H](CC(=O)O)C2. The van der Waals surface area contributed by atoms with Gasteiger partial charge in [0, 0.05) is 18.1 Å². The van der Waals surface area contributed by atoms with Gasteiger partial charge in [-0.25, -0.2) is 0 Å². The fourth-order valence-electron chi connectivity index (χ4n) is 3.09. The molecule has 0 unspecified atom stereocenters. The monoisotopic (exact) mass is 264 g/mol. The van der Waals surface area contributed by atoms with Crippen molar-refractivity contribution < 1.29 is 19.4 Å². The number of aliphatic carboxylic acids is 1. The van der Waals surface area contributed by atoms with Gasteiger partial charge in [-0.1, -0.05) is 6.92 Å². The van der Waals surface area contributed by atoms with Gasteiger partial charge in [0.1, 0.15) is 11.5 Å². The molecule has 1 N–H and O–H groups in total. The fraction of sp³-hybridized carbons (Fsp3) is 0.533. The van der Waals surface area contributed by atoms with Crippen molar-refractivity contribution in [1.29, 1.82) is 0 Å². The Kier molecular flexibility index (Phi) is 3.98. The second-order valence-electron chi connectivity index (χ2n) is 5.21. The Bertz CT molecular complexity index is 481. The molecule has 1 aliphatic carbocycles. The minimum Gasteiger partial charge on any atom is -0.497 e. The van der Waals surface area contributed by atoms with Crippen LogP contribution in [0.2, 0.25) is 0 Å². The lowest BCUT2D eigenvalue weighted by Crippen LogP contribution is -2.20. The van der Waals surface area contributed by atoms with Gasteiger partial charge in [-0.15, -0.1) is 0 Å². The number of hydrogen-bond acceptors (Lipinski definition) is 3. The zero-order chi connectivity index (χ0) is 14.0. The molecule has 4 heteroatoms. The van der Waals surface area contributed by atoms with Gasteiger partial charge in [-0.2, -0.15) is 0 Å². The summed E-state index contributed by atoms with van der Waals surface area (Å²) in [6.07, 6.45) is 1.89. The molecule has 1 aromatic carbocycles. The fourth-order valence-corrected chi connectivity index (χ4v) is 3.09. The standard InChI is InChI=1S/C15H20O4/c1-9-4-10(6-14(16)17)5-11-7-12(18-2)8-13(19-3)15(9)11/h7-10H,4-6H2,1-3H3,(H,16,17)/t9-,10+/m0/s1. The molecule has 0 amide bonds. The van der Waals surface area contributed by atoms with Gasteiger partial charge < -0.3 is 14.6 Å². The quantitative estimate of drug-likeness (QED) is 0.908. The maximum Gasteiger partial charge on any atom is 0.303 e. The maximum absolute atomic E-state index is 10.9. The third-order valence-corrected chi connectivity index (χ3v) is 3.81. The molecule has 0 saturated heterocycles. The van der Waals surface area contributed by atoms with Crippen LogP contribution >= 0.6 is 0 Å². The van der Waals surface area contributed by atoms with Crippen LogP contribution < -0.4 is 9.47 Å². The summed E-state index contributed by atoms with van der Waals surface area (Å²) in [5, 5.41) is 8.95.